The van der Waals surface area contributed by atoms with Crippen LogP contribution >= 0.6 is 0 Å². The van der Waals surface area contributed by atoms with Gasteiger partial charge in [-0.05, 0) is 42.0 Å². The number of halogens is 1. The van der Waals surface area contributed by atoms with Crippen molar-refractivity contribution >= 4 is 5.95 Å². The van der Waals surface area contributed by atoms with Gasteiger partial charge in [0, 0.05) is 32.1 Å². The van der Waals surface area contributed by atoms with Crippen molar-refractivity contribution in [2.24, 2.45) is 7.05 Å². The molecule has 0 fully saturated rings. The van der Waals surface area contributed by atoms with Crippen molar-refractivity contribution in [2.45, 2.75) is 13.5 Å². The topological polar surface area (TPSA) is 90.4 Å². The largest absolute Gasteiger partial charge is 0.336 e. The van der Waals surface area contributed by atoms with Crippen molar-refractivity contribution in [3.05, 3.63) is 59.9 Å². The number of benzene rings is 1. The van der Waals surface area contributed by atoms with Crippen LogP contribution in [0.15, 0.2) is 42.7 Å². The molecule has 4 rings (SSSR count). The molecule has 1 aromatic carbocycles. The highest BCUT2D eigenvalue weighted by Crippen LogP contribution is 2.20. The molecule has 0 saturated heterocycles. The Kier molecular flexibility index (Phi) is 4.52. The zero-order chi connectivity index (χ0) is 19.7. The molecule has 28 heavy (non-hydrogen) atoms. The SMILES string of the molecule is Cc1ccc(F)c(-n2nnc(CN(C)c3nnc(-c4ccncc4)n3C)n2)c1. The summed E-state index contributed by atoms with van der Waals surface area (Å²) < 4.78 is 15.9. The van der Waals surface area contributed by atoms with Gasteiger partial charge in [0.25, 0.3) is 0 Å². The van der Waals surface area contributed by atoms with Crippen LogP contribution in [0.3, 0.4) is 0 Å². The summed E-state index contributed by atoms with van der Waals surface area (Å²) in [6, 6.07) is 8.50. The lowest BCUT2D eigenvalue weighted by Crippen LogP contribution is -2.21. The molecule has 0 aliphatic heterocycles. The zero-order valence-electron chi connectivity index (χ0n) is 15.7. The van der Waals surface area contributed by atoms with Crippen LogP contribution in [0.25, 0.3) is 17.1 Å². The van der Waals surface area contributed by atoms with Gasteiger partial charge in [0.2, 0.25) is 5.95 Å². The number of hydrogen-bond acceptors (Lipinski definition) is 7. The number of nitrogens with zero attached hydrogens (tertiary/aromatic N) is 9. The van der Waals surface area contributed by atoms with E-state index in [1.54, 1.807) is 24.5 Å². The minimum Gasteiger partial charge on any atom is -0.336 e. The predicted octanol–water partition coefficient (Wildman–Crippen LogP) is 1.94. The number of aryl methyl sites for hydroxylation is 1. The quantitative estimate of drug-likeness (QED) is 0.523. The first-order valence-corrected chi connectivity index (χ1v) is 8.59. The molecule has 0 bridgehead atoms. The highest BCUT2D eigenvalue weighted by molar-refractivity contribution is 5.56. The van der Waals surface area contributed by atoms with E-state index in [1.807, 2.05) is 42.6 Å². The molecular formula is C18H18FN9. The lowest BCUT2D eigenvalue weighted by molar-refractivity contribution is 0.590. The molecule has 0 unspecified atom stereocenters. The summed E-state index contributed by atoms with van der Waals surface area (Å²) >= 11 is 0. The smallest absolute Gasteiger partial charge is 0.227 e. The number of tetrazole rings is 1. The fourth-order valence-electron chi connectivity index (χ4n) is 2.87. The Hall–Kier alpha value is -3.69. The minimum absolute atomic E-state index is 0.264. The number of rotatable bonds is 5. The Bertz CT molecular complexity index is 1100. The first-order valence-electron chi connectivity index (χ1n) is 8.59. The maximum Gasteiger partial charge on any atom is 0.227 e. The molecule has 0 saturated carbocycles. The molecule has 3 aromatic heterocycles. The van der Waals surface area contributed by atoms with Gasteiger partial charge in [-0.3, -0.25) is 9.55 Å². The predicted molar refractivity (Wildman–Crippen MR) is 100 cm³/mol. The molecule has 142 valence electrons. The van der Waals surface area contributed by atoms with Crippen LogP contribution < -0.4 is 4.90 Å². The number of hydrogen-bond donors (Lipinski definition) is 0. The van der Waals surface area contributed by atoms with Gasteiger partial charge in [0.05, 0.1) is 6.54 Å². The normalized spacial score (nSPS) is 11.0. The zero-order valence-corrected chi connectivity index (χ0v) is 15.7. The summed E-state index contributed by atoms with van der Waals surface area (Å²) in [5.74, 6) is 1.41. The van der Waals surface area contributed by atoms with E-state index in [2.05, 4.69) is 30.6 Å². The first-order chi connectivity index (χ1) is 13.5. The molecule has 0 aliphatic carbocycles. The van der Waals surface area contributed by atoms with Crippen LogP contribution in [-0.2, 0) is 13.6 Å². The van der Waals surface area contributed by atoms with Crippen LogP contribution in [0.2, 0.25) is 0 Å². The Morgan fingerprint density at radius 1 is 1.07 bits per heavy atom. The van der Waals surface area contributed by atoms with Gasteiger partial charge in [-0.2, -0.15) is 0 Å². The van der Waals surface area contributed by atoms with Gasteiger partial charge in [-0.25, -0.2) is 4.39 Å². The number of aromatic nitrogens is 8. The monoisotopic (exact) mass is 379 g/mol. The van der Waals surface area contributed by atoms with Crippen LogP contribution in [0.5, 0.6) is 0 Å². The average Bonchev–Trinajstić information content (AvgIpc) is 3.31. The van der Waals surface area contributed by atoms with Crippen molar-refractivity contribution in [1.82, 2.24) is 40.0 Å². The molecular weight excluding hydrogens is 361 g/mol. The summed E-state index contributed by atoms with van der Waals surface area (Å²) in [5, 5.41) is 20.8. The van der Waals surface area contributed by atoms with Crippen molar-refractivity contribution in [3.8, 4) is 17.1 Å². The summed E-state index contributed by atoms with van der Waals surface area (Å²) in [4.78, 5) is 7.07. The van der Waals surface area contributed by atoms with E-state index in [1.165, 1.54) is 10.9 Å². The standard InChI is InChI=1S/C18H18FN9/c1-12-4-5-14(19)15(10-12)28-24-16(21-25-28)11-26(2)18-23-22-17(27(18)3)13-6-8-20-9-7-13/h4-10H,11H2,1-3H3. The highest BCUT2D eigenvalue weighted by atomic mass is 19.1. The van der Waals surface area contributed by atoms with Crippen molar-refractivity contribution in [2.75, 3.05) is 11.9 Å². The maximum absolute atomic E-state index is 14.0. The Morgan fingerprint density at radius 2 is 1.86 bits per heavy atom. The summed E-state index contributed by atoms with van der Waals surface area (Å²) in [5.41, 5.74) is 2.10. The second-order valence-electron chi connectivity index (χ2n) is 6.42. The molecule has 4 aromatic rings. The van der Waals surface area contributed by atoms with Gasteiger partial charge in [-0.1, -0.05) is 6.07 Å². The number of anilines is 1. The number of pyridine rings is 1. The van der Waals surface area contributed by atoms with E-state index in [0.717, 1.165) is 17.0 Å². The van der Waals surface area contributed by atoms with E-state index in [-0.39, 0.29) is 5.69 Å². The third-order valence-corrected chi connectivity index (χ3v) is 4.28. The third-order valence-electron chi connectivity index (χ3n) is 4.28. The summed E-state index contributed by atoms with van der Waals surface area (Å²) in [7, 11) is 3.74. The van der Waals surface area contributed by atoms with Gasteiger partial charge in [0.15, 0.2) is 17.5 Å². The maximum atomic E-state index is 14.0. The van der Waals surface area contributed by atoms with Crippen LogP contribution in [0, 0.1) is 12.7 Å². The summed E-state index contributed by atoms with van der Waals surface area (Å²) in [6.45, 7) is 2.22. The van der Waals surface area contributed by atoms with Gasteiger partial charge >= 0.3 is 0 Å². The van der Waals surface area contributed by atoms with Gasteiger partial charge < -0.3 is 4.90 Å². The van der Waals surface area contributed by atoms with Crippen molar-refractivity contribution < 1.29 is 4.39 Å². The van der Waals surface area contributed by atoms with Crippen LogP contribution in [0.4, 0.5) is 10.3 Å². The molecule has 10 heteroatoms. The van der Waals surface area contributed by atoms with E-state index < -0.39 is 5.82 Å². The second kappa shape index (κ2) is 7.14. The van der Waals surface area contributed by atoms with Gasteiger partial charge in [0.1, 0.15) is 5.69 Å². The second-order valence-corrected chi connectivity index (χ2v) is 6.42. The lowest BCUT2D eigenvalue weighted by atomic mass is 10.2. The van der Waals surface area contributed by atoms with E-state index >= 15 is 0 Å². The Morgan fingerprint density at radius 3 is 2.64 bits per heavy atom. The molecule has 0 N–H and O–H groups in total. The highest BCUT2D eigenvalue weighted by Gasteiger charge is 2.17. The molecule has 3 heterocycles. The van der Waals surface area contributed by atoms with E-state index in [4.69, 9.17) is 0 Å². The Labute approximate surface area is 160 Å². The molecule has 0 amide bonds. The molecule has 0 radical (unpaired) electrons. The van der Waals surface area contributed by atoms with Gasteiger partial charge in [-0.15, -0.1) is 25.2 Å². The first kappa shape index (κ1) is 17.7. The molecule has 9 nitrogen and oxygen atoms in total. The molecule has 0 aliphatic rings. The van der Waals surface area contributed by atoms with Crippen LogP contribution in [-0.4, -0.2) is 47.0 Å². The average molecular weight is 379 g/mol. The van der Waals surface area contributed by atoms with Crippen LogP contribution in [0.1, 0.15) is 11.4 Å². The van der Waals surface area contributed by atoms with Crippen molar-refractivity contribution in [1.29, 1.82) is 0 Å². The fraction of sp³-hybridized carbons (Fsp3) is 0.222. The minimum atomic E-state index is -0.404. The lowest BCUT2D eigenvalue weighted by Gasteiger charge is -2.15. The van der Waals surface area contributed by atoms with E-state index in [9.17, 15) is 4.39 Å². The molecule has 0 spiro atoms. The molecule has 0 atom stereocenters. The van der Waals surface area contributed by atoms with Crippen molar-refractivity contribution in [3.63, 3.8) is 0 Å². The fourth-order valence-corrected chi connectivity index (χ4v) is 2.87. The third kappa shape index (κ3) is 3.31. The van der Waals surface area contributed by atoms with E-state index in [0.29, 0.717) is 18.3 Å². The Balaban J connectivity index is 1.55. The summed E-state index contributed by atoms with van der Waals surface area (Å²) in [6.07, 6.45) is 3.42.